The molecule has 0 aromatic rings. The van der Waals surface area contributed by atoms with Gasteiger partial charge in [-0.2, -0.15) is 0 Å². The molecule has 0 saturated heterocycles. The van der Waals surface area contributed by atoms with Gasteiger partial charge in [0.15, 0.2) is 5.96 Å². The Morgan fingerprint density at radius 2 is 1.36 bits per heavy atom. The fourth-order valence-corrected chi connectivity index (χ4v) is 2.96. The van der Waals surface area contributed by atoms with Crippen LogP contribution in [0.4, 0.5) is 0 Å². The first-order valence-electron chi connectivity index (χ1n) is 11.2. The molecule has 0 spiro atoms. The highest BCUT2D eigenvalue weighted by molar-refractivity contribution is 5.96. The molecule has 36 heavy (non-hydrogen) atoms. The number of nitrogens with two attached hydrogens (primary N) is 5. The van der Waals surface area contributed by atoms with E-state index in [4.69, 9.17) is 28.7 Å². The van der Waals surface area contributed by atoms with Crippen LogP contribution >= 0.6 is 0 Å². The molecule has 0 aromatic heterocycles. The normalized spacial score (nSPS) is 14.8. The number of aliphatic imine (C=N–C) groups is 1. The van der Waals surface area contributed by atoms with Crippen LogP contribution in [0.1, 0.15) is 46.0 Å². The Bertz CT molecular complexity index is 845. The van der Waals surface area contributed by atoms with Crippen LogP contribution in [-0.4, -0.2) is 77.3 Å². The molecule has 0 fully saturated rings. The molecule has 14 N–H and O–H groups in total. The Balaban J connectivity index is 5.49. The fourth-order valence-electron chi connectivity index (χ4n) is 2.96. The molecule has 0 rings (SSSR count). The molecule has 0 bridgehead atoms. The summed E-state index contributed by atoms with van der Waals surface area (Å²) in [5.41, 5.74) is 26.5. The van der Waals surface area contributed by atoms with E-state index in [1.165, 1.54) is 0 Å². The minimum atomic E-state index is -1.69. The number of hydrogen-bond acceptors (Lipinski definition) is 8. The fraction of sp³-hybridized carbons (Fsp3) is 0.650. The Morgan fingerprint density at radius 3 is 1.83 bits per heavy atom. The average molecular weight is 516 g/mol. The molecule has 5 atom stereocenters. The molecule has 5 unspecified atom stereocenters. The Hall–Kier alpha value is -3.95. The van der Waals surface area contributed by atoms with Gasteiger partial charge in [0.2, 0.25) is 29.5 Å². The van der Waals surface area contributed by atoms with E-state index in [-0.39, 0.29) is 18.9 Å². The van der Waals surface area contributed by atoms with E-state index < -0.39 is 78.4 Å². The zero-order chi connectivity index (χ0) is 28.0. The number of nitrogens with one attached hydrogen (secondary N) is 3. The van der Waals surface area contributed by atoms with Gasteiger partial charge in [-0.05, 0) is 18.8 Å². The van der Waals surface area contributed by atoms with Crippen molar-refractivity contribution in [1.82, 2.24) is 16.0 Å². The van der Waals surface area contributed by atoms with Gasteiger partial charge in [-0.15, -0.1) is 0 Å². The monoisotopic (exact) mass is 515 g/mol. The number of carbonyl (C=O) groups is 6. The molecule has 0 aliphatic carbocycles. The Kier molecular flexibility index (Phi) is 14.1. The Labute approximate surface area is 208 Å². The number of nitrogens with zero attached hydrogens (tertiary/aromatic N) is 1. The molecule has 204 valence electrons. The predicted octanol–water partition coefficient (Wildman–Crippen LogP) is -4.30. The second-order valence-corrected chi connectivity index (χ2v) is 8.23. The number of amides is 5. The molecule has 0 aromatic carbocycles. The van der Waals surface area contributed by atoms with Crippen molar-refractivity contribution in [1.29, 1.82) is 0 Å². The van der Waals surface area contributed by atoms with Gasteiger partial charge in [-0.3, -0.25) is 29.0 Å². The van der Waals surface area contributed by atoms with Crippen molar-refractivity contribution < 1.29 is 33.9 Å². The second-order valence-electron chi connectivity index (χ2n) is 8.23. The predicted molar refractivity (Wildman–Crippen MR) is 128 cm³/mol. The molecule has 0 saturated carbocycles. The maximum Gasteiger partial charge on any atom is 0.326 e. The lowest BCUT2D eigenvalue weighted by Crippen LogP contribution is -2.59. The van der Waals surface area contributed by atoms with E-state index >= 15 is 0 Å². The highest BCUT2D eigenvalue weighted by Gasteiger charge is 2.33. The minimum Gasteiger partial charge on any atom is -0.480 e. The summed E-state index contributed by atoms with van der Waals surface area (Å²) >= 11 is 0. The van der Waals surface area contributed by atoms with Crippen molar-refractivity contribution in [3.63, 3.8) is 0 Å². The summed E-state index contributed by atoms with van der Waals surface area (Å²) in [4.78, 5) is 75.8. The van der Waals surface area contributed by atoms with Crippen LogP contribution in [-0.2, 0) is 28.8 Å². The highest BCUT2D eigenvalue weighted by atomic mass is 16.4. The van der Waals surface area contributed by atoms with Crippen molar-refractivity contribution in [3.8, 4) is 0 Å². The average Bonchev–Trinajstić information content (AvgIpc) is 2.77. The first kappa shape index (κ1) is 32.0. The lowest BCUT2D eigenvalue weighted by atomic mass is 9.97. The van der Waals surface area contributed by atoms with Crippen LogP contribution in [0.3, 0.4) is 0 Å². The lowest BCUT2D eigenvalue weighted by Gasteiger charge is -2.27. The zero-order valence-electron chi connectivity index (χ0n) is 20.4. The van der Waals surface area contributed by atoms with Crippen molar-refractivity contribution in [2.75, 3.05) is 6.54 Å². The van der Waals surface area contributed by atoms with Crippen LogP contribution in [0.2, 0.25) is 0 Å². The van der Waals surface area contributed by atoms with Gasteiger partial charge in [0.25, 0.3) is 0 Å². The molecule has 0 aliphatic rings. The number of hydrogen-bond donors (Lipinski definition) is 9. The van der Waals surface area contributed by atoms with Crippen LogP contribution in [0.25, 0.3) is 0 Å². The second kappa shape index (κ2) is 15.9. The minimum absolute atomic E-state index is 0.0969. The van der Waals surface area contributed by atoms with Gasteiger partial charge < -0.3 is 49.7 Å². The summed E-state index contributed by atoms with van der Waals surface area (Å²) in [5, 5.41) is 16.1. The Morgan fingerprint density at radius 1 is 0.833 bits per heavy atom. The standard InChI is InChI=1S/C20H37N9O7/c1-3-9(2)15(29-16(32)10(21)5-4-6-26-20(24)25)18(34)27-11(7-13(22)30)17(33)28-12(19(35)36)8-14(23)31/h9-12,15H,3-8,21H2,1-2H3,(H2,22,30)(H2,23,31)(H,27,34)(H,28,33)(H,29,32)(H,35,36)(H4,24,25,26). The summed E-state index contributed by atoms with van der Waals surface area (Å²) in [6.45, 7) is 3.70. The topological polar surface area (TPSA) is 301 Å². The molecule has 5 amide bonds. The van der Waals surface area contributed by atoms with Crippen LogP contribution < -0.4 is 44.6 Å². The van der Waals surface area contributed by atoms with Gasteiger partial charge in [0, 0.05) is 6.54 Å². The molecule has 16 nitrogen and oxygen atoms in total. The molecule has 0 radical (unpaired) electrons. The maximum absolute atomic E-state index is 13.0. The SMILES string of the molecule is CCC(C)C(NC(=O)C(N)CCCN=C(N)N)C(=O)NC(CC(N)=O)C(=O)NC(CC(N)=O)C(=O)O. The molecule has 0 aliphatic heterocycles. The van der Waals surface area contributed by atoms with Gasteiger partial charge >= 0.3 is 5.97 Å². The smallest absolute Gasteiger partial charge is 0.326 e. The van der Waals surface area contributed by atoms with E-state index in [0.29, 0.717) is 12.8 Å². The van der Waals surface area contributed by atoms with Gasteiger partial charge in [0.1, 0.15) is 18.1 Å². The zero-order valence-corrected chi connectivity index (χ0v) is 20.4. The van der Waals surface area contributed by atoms with Crippen molar-refractivity contribution in [2.45, 2.75) is 70.1 Å². The molecule has 16 heteroatoms. The number of carboxylic acids is 1. The number of rotatable bonds is 17. The van der Waals surface area contributed by atoms with Crippen molar-refractivity contribution in [2.24, 2.45) is 39.6 Å². The first-order valence-corrected chi connectivity index (χ1v) is 11.2. The molecular weight excluding hydrogens is 478 g/mol. The van der Waals surface area contributed by atoms with E-state index in [0.717, 1.165) is 0 Å². The van der Waals surface area contributed by atoms with Gasteiger partial charge in [-0.25, -0.2) is 4.79 Å². The molecule has 0 heterocycles. The van der Waals surface area contributed by atoms with Crippen molar-refractivity contribution >= 4 is 41.5 Å². The third-order valence-corrected chi connectivity index (χ3v) is 5.16. The van der Waals surface area contributed by atoms with Gasteiger partial charge in [0.05, 0.1) is 18.9 Å². The third kappa shape index (κ3) is 12.5. The van der Waals surface area contributed by atoms with E-state index in [1.54, 1.807) is 13.8 Å². The largest absolute Gasteiger partial charge is 0.480 e. The lowest BCUT2D eigenvalue weighted by molar-refractivity contribution is -0.144. The number of carboxylic acid groups (broad SMARTS) is 1. The van der Waals surface area contributed by atoms with Crippen molar-refractivity contribution in [3.05, 3.63) is 0 Å². The maximum atomic E-state index is 13.0. The van der Waals surface area contributed by atoms with E-state index in [1.807, 2.05) is 5.32 Å². The van der Waals surface area contributed by atoms with Crippen LogP contribution in [0.5, 0.6) is 0 Å². The van der Waals surface area contributed by atoms with E-state index in [2.05, 4.69) is 15.6 Å². The molecular formula is C20H37N9O7. The summed E-state index contributed by atoms with van der Waals surface area (Å²) in [6, 6.07) is -5.39. The summed E-state index contributed by atoms with van der Waals surface area (Å²) < 4.78 is 0. The third-order valence-electron chi connectivity index (χ3n) is 5.16. The summed E-state index contributed by atoms with van der Waals surface area (Å²) in [6.07, 6.45) is -0.314. The number of primary amides is 2. The highest BCUT2D eigenvalue weighted by Crippen LogP contribution is 2.10. The van der Waals surface area contributed by atoms with Crippen LogP contribution in [0, 0.1) is 5.92 Å². The first-order chi connectivity index (χ1) is 16.7. The number of guanidine groups is 1. The summed E-state index contributed by atoms with van der Waals surface area (Å²) in [7, 11) is 0. The quantitative estimate of drug-likeness (QED) is 0.0509. The summed E-state index contributed by atoms with van der Waals surface area (Å²) in [5.74, 6) is -6.57. The number of carbonyl (C=O) groups excluding carboxylic acids is 5. The van der Waals surface area contributed by atoms with Gasteiger partial charge in [-0.1, -0.05) is 20.3 Å². The van der Waals surface area contributed by atoms with E-state index in [9.17, 15) is 33.9 Å². The van der Waals surface area contributed by atoms with Crippen LogP contribution in [0.15, 0.2) is 4.99 Å². The number of aliphatic carboxylic acids is 1.